The number of carbonyl (C=O) groups excluding carboxylic acids is 4. The lowest BCUT2D eigenvalue weighted by atomic mass is 9.85. The van der Waals surface area contributed by atoms with Crippen LogP contribution in [0.1, 0.15) is 158 Å². The monoisotopic (exact) mass is 546 g/mol. The van der Waals surface area contributed by atoms with Crippen molar-refractivity contribution in [1.29, 1.82) is 0 Å². The average Bonchev–Trinajstić information content (AvgIpc) is 2.95. The SMILES string of the molecule is CCCCCCCCCCC(CCCCCCCC)CN1C(=O)c2ccc3c4c(ccc(c24)C1=O)C(=O)NC3=O. The molecule has 4 rings (SSSR count). The second kappa shape index (κ2) is 14.6. The third-order valence-electron chi connectivity index (χ3n) is 8.70. The highest BCUT2D eigenvalue weighted by Crippen LogP contribution is 2.36. The Bertz CT molecular complexity index is 1170. The quantitative estimate of drug-likeness (QED) is 0.151. The number of nitrogens with zero attached hydrogens (tertiary/aromatic N) is 1. The molecule has 40 heavy (non-hydrogen) atoms. The van der Waals surface area contributed by atoms with Gasteiger partial charge in [0.1, 0.15) is 0 Å². The van der Waals surface area contributed by atoms with E-state index in [0.717, 1.165) is 25.7 Å². The van der Waals surface area contributed by atoms with Crippen molar-refractivity contribution in [3.05, 3.63) is 46.5 Å². The number of unbranched alkanes of at least 4 members (excludes halogenated alkanes) is 12. The lowest BCUT2D eigenvalue weighted by Gasteiger charge is -2.32. The van der Waals surface area contributed by atoms with E-state index < -0.39 is 11.8 Å². The van der Waals surface area contributed by atoms with Crippen LogP contribution in [-0.4, -0.2) is 35.1 Å². The predicted octanol–water partition coefficient (Wildman–Crippen LogP) is 8.22. The molecule has 2 aliphatic rings. The molecule has 0 saturated carbocycles. The first-order valence-corrected chi connectivity index (χ1v) is 15.8. The van der Waals surface area contributed by atoms with Crippen LogP contribution in [0.25, 0.3) is 10.8 Å². The maximum absolute atomic E-state index is 13.7. The lowest BCUT2D eigenvalue weighted by Crippen LogP contribution is -2.44. The van der Waals surface area contributed by atoms with Crippen LogP contribution in [0.4, 0.5) is 0 Å². The smallest absolute Gasteiger partial charge is 0.261 e. The number of hydrogen-bond donors (Lipinski definition) is 1. The normalized spacial score (nSPS) is 15.2. The van der Waals surface area contributed by atoms with Crippen molar-refractivity contribution >= 4 is 34.4 Å². The minimum atomic E-state index is -0.493. The molecule has 2 aliphatic heterocycles. The van der Waals surface area contributed by atoms with Crippen LogP contribution < -0.4 is 5.32 Å². The number of imide groups is 2. The van der Waals surface area contributed by atoms with Gasteiger partial charge < -0.3 is 0 Å². The van der Waals surface area contributed by atoms with Gasteiger partial charge in [-0.15, -0.1) is 0 Å². The zero-order valence-corrected chi connectivity index (χ0v) is 24.5. The highest BCUT2D eigenvalue weighted by Gasteiger charge is 2.37. The fourth-order valence-electron chi connectivity index (χ4n) is 6.38. The third kappa shape index (κ3) is 6.82. The molecular weight excluding hydrogens is 500 g/mol. The molecule has 0 radical (unpaired) electrons. The number of carbonyl (C=O) groups is 4. The highest BCUT2D eigenvalue weighted by atomic mass is 16.2. The van der Waals surface area contributed by atoms with Gasteiger partial charge in [-0.25, -0.2) is 0 Å². The minimum absolute atomic E-state index is 0.279. The minimum Gasteiger partial charge on any atom is -0.288 e. The zero-order chi connectivity index (χ0) is 28.5. The van der Waals surface area contributed by atoms with Crippen molar-refractivity contribution in [2.24, 2.45) is 5.92 Å². The van der Waals surface area contributed by atoms with Crippen LogP contribution in [0.2, 0.25) is 0 Å². The molecule has 216 valence electrons. The second-order valence-corrected chi connectivity index (χ2v) is 11.8. The maximum atomic E-state index is 13.7. The summed E-state index contributed by atoms with van der Waals surface area (Å²) in [4.78, 5) is 53.8. The van der Waals surface area contributed by atoms with Gasteiger partial charge in [-0.05, 0) is 43.0 Å². The number of rotatable bonds is 18. The molecule has 0 spiro atoms. The molecule has 4 amide bonds. The van der Waals surface area contributed by atoms with E-state index in [2.05, 4.69) is 19.2 Å². The Morgan fingerprint density at radius 3 is 1.38 bits per heavy atom. The molecule has 2 heterocycles. The molecule has 1 unspecified atom stereocenters. The molecule has 0 saturated heterocycles. The van der Waals surface area contributed by atoms with Gasteiger partial charge >= 0.3 is 0 Å². The molecule has 0 aliphatic carbocycles. The summed E-state index contributed by atoms with van der Waals surface area (Å²) in [6.45, 7) is 4.89. The number of nitrogens with one attached hydrogen (secondary N) is 1. The van der Waals surface area contributed by atoms with Gasteiger partial charge in [0.05, 0.1) is 0 Å². The van der Waals surface area contributed by atoms with Crippen LogP contribution in [0.15, 0.2) is 24.3 Å². The predicted molar refractivity (Wildman–Crippen MR) is 160 cm³/mol. The van der Waals surface area contributed by atoms with Crippen LogP contribution >= 0.6 is 0 Å². The van der Waals surface area contributed by atoms with E-state index in [1.54, 1.807) is 24.3 Å². The summed E-state index contributed by atoms with van der Waals surface area (Å²) < 4.78 is 0. The van der Waals surface area contributed by atoms with Gasteiger partial charge in [-0.1, -0.05) is 104 Å². The Balaban J connectivity index is 1.46. The van der Waals surface area contributed by atoms with Crippen molar-refractivity contribution in [3.63, 3.8) is 0 Å². The van der Waals surface area contributed by atoms with E-state index in [0.29, 0.717) is 39.6 Å². The molecular formula is C34H46N2O4. The van der Waals surface area contributed by atoms with Crippen LogP contribution in [0.3, 0.4) is 0 Å². The van der Waals surface area contributed by atoms with Gasteiger partial charge in [-0.2, -0.15) is 0 Å². The van der Waals surface area contributed by atoms with E-state index >= 15 is 0 Å². The fourth-order valence-corrected chi connectivity index (χ4v) is 6.38. The molecule has 1 N–H and O–H groups in total. The van der Waals surface area contributed by atoms with E-state index in [9.17, 15) is 19.2 Å². The zero-order valence-electron chi connectivity index (χ0n) is 24.5. The Labute approximate surface area is 239 Å². The second-order valence-electron chi connectivity index (χ2n) is 11.8. The Morgan fingerprint density at radius 1 is 0.550 bits per heavy atom. The van der Waals surface area contributed by atoms with Crippen molar-refractivity contribution in [3.8, 4) is 0 Å². The number of hydrogen-bond acceptors (Lipinski definition) is 4. The first-order valence-electron chi connectivity index (χ1n) is 15.8. The average molecular weight is 547 g/mol. The summed E-state index contributed by atoms with van der Waals surface area (Å²) in [5.74, 6) is -1.34. The highest BCUT2D eigenvalue weighted by molar-refractivity contribution is 6.33. The van der Waals surface area contributed by atoms with Crippen molar-refractivity contribution < 1.29 is 19.2 Å². The molecule has 1 atom stereocenters. The number of amides is 4. The van der Waals surface area contributed by atoms with Crippen molar-refractivity contribution in [2.45, 2.75) is 117 Å². The summed E-state index contributed by atoms with van der Waals surface area (Å²) in [6.07, 6.45) is 19.5. The first-order chi connectivity index (χ1) is 19.5. The summed E-state index contributed by atoms with van der Waals surface area (Å²) in [5, 5.41) is 3.21. The molecule has 0 aromatic heterocycles. The van der Waals surface area contributed by atoms with Gasteiger partial charge in [0.15, 0.2) is 0 Å². The summed E-state index contributed by atoms with van der Waals surface area (Å²) >= 11 is 0. The topological polar surface area (TPSA) is 83.6 Å². The van der Waals surface area contributed by atoms with E-state index in [1.807, 2.05) is 0 Å². The third-order valence-corrected chi connectivity index (χ3v) is 8.70. The molecule has 6 nitrogen and oxygen atoms in total. The maximum Gasteiger partial charge on any atom is 0.261 e. The van der Waals surface area contributed by atoms with Crippen molar-refractivity contribution in [2.75, 3.05) is 6.54 Å². The molecule has 2 aromatic carbocycles. The molecule has 0 bridgehead atoms. The summed E-state index contributed by atoms with van der Waals surface area (Å²) in [5.41, 5.74) is 1.48. The van der Waals surface area contributed by atoms with Gasteiger partial charge in [0, 0.05) is 39.6 Å². The lowest BCUT2D eigenvalue weighted by molar-refractivity contribution is 0.0576. The van der Waals surface area contributed by atoms with Gasteiger partial charge in [0.25, 0.3) is 23.6 Å². The Morgan fingerprint density at radius 2 is 0.925 bits per heavy atom. The molecule has 0 fully saturated rings. The largest absolute Gasteiger partial charge is 0.288 e. The van der Waals surface area contributed by atoms with E-state index in [4.69, 9.17) is 0 Å². The van der Waals surface area contributed by atoms with Crippen LogP contribution in [0.5, 0.6) is 0 Å². The van der Waals surface area contributed by atoms with Crippen LogP contribution in [-0.2, 0) is 0 Å². The van der Waals surface area contributed by atoms with Crippen LogP contribution in [0, 0.1) is 5.92 Å². The van der Waals surface area contributed by atoms with Gasteiger partial charge in [-0.3, -0.25) is 29.4 Å². The fraction of sp³-hybridized carbons (Fsp3) is 0.588. The Hall–Kier alpha value is -3.02. The first kappa shape index (κ1) is 30.0. The molecule has 6 heteroatoms. The van der Waals surface area contributed by atoms with E-state index in [1.165, 1.54) is 81.9 Å². The van der Waals surface area contributed by atoms with E-state index in [-0.39, 0.29) is 17.7 Å². The van der Waals surface area contributed by atoms with Gasteiger partial charge in [0.2, 0.25) is 0 Å². The molecule has 2 aromatic rings. The standard InChI is InChI=1S/C34H46N2O4/c1-3-5-7-9-11-12-14-16-18-24(17-15-13-10-8-6-4-2)23-36-33(39)27-21-19-25-29-26(32(38)35-31(25)37)20-22-28(30(27)29)34(36)40/h19-22,24H,3-18,23H2,1-2H3,(H,35,37,38). The van der Waals surface area contributed by atoms with Crippen molar-refractivity contribution in [1.82, 2.24) is 10.2 Å². The number of benzene rings is 2. The Kier molecular flexibility index (Phi) is 10.9. The summed E-state index contributed by atoms with van der Waals surface area (Å²) in [6, 6.07) is 6.49. The summed E-state index contributed by atoms with van der Waals surface area (Å²) in [7, 11) is 0.